The van der Waals surface area contributed by atoms with Crippen molar-refractivity contribution >= 4 is 18.6 Å². The van der Waals surface area contributed by atoms with Crippen LogP contribution in [0.5, 0.6) is 0 Å². The first kappa shape index (κ1) is 11.5. The summed E-state index contributed by atoms with van der Waals surface area (Å²) in [4.78, 5) is 10.7. The Labute approximate surface area is 78.3 Å². The molecule has 0 aromatic heterocycles. The molecule has 0 aromatic rings. The Hall–Kier alpha value is -0.480. The van der Waals surface area contributed by atoms with Gasteiger partial charge >= 0.3 is 5.97 Å². The SMILES string of the molecule is C=CCNC(C(=O)O)C(C)(C)S. The summed E-state index contributed by atoms with van der Waals surface area (Å²) in [6, 6.07) is -0.654. The second-order valence-corrected chi connectivity index (χ2v) is 4.27. The van der Waals surface area contributed by atoms with Crippen LogP contribution in [0.2, 0.25) is 0 Å². The molecular weight excluding hydrogens is 174 g/mol. The van der Waals surface area contributed by atoms with Crippen molar-refractivity contribution in [3.63, 3.8) is 0 Å². The minimum absolute atomic E-state index is 0.473. The molecule has 0 amide bonds. The van der Waals surface area contributed by atoms with Crippen molar-refractivity contribution in [2.75, 3.05) is 6.54 Å². The highest BCUT2D eigenvalue weighted by Crippen LogP contribution is 2.17. The van der Waals surface area contributed by atoms with E-state index in [0.29, 0.717) is 6.54 Å². The van der Waals surface area contributed by atoms with Gasteiger partial charge in [0.2, 0.25) is 0 Å². The number of rotatable bonds is 5. The molecule has 0 aliphatic rings. The Morgan fingerprint density at radius 2 is 2.33 bits per heavy atom. The summed E-state index contributed by atoms with van der Waals surface area (Å²) < 4.78 is -0.575. The van der Waals surface area contributed by atoms with Gasteiger partial charge in [-0.3, -0.25) is 10.1 Å². The molecule has 0 saturated carbocycles. The lowest BCUT2D eigenvalue weighted by Crippen LogP contribution is -2.49. The van der Waals surface area contributed by atoms with Crippen molar-refractivity contribution in [3.8, 4) is 0 Å². The van der Waals surface area contributed by atoms with E-state index in [1.807, 2.05) is 0 Å². The van der Waals surface area contributed by atoms with Gasteiger partial charge in [0.25, 0.3) is 0 Å². The van der Waals surface area contributed by atoms with Gasteiger partial charge in [-0.1, -0.05) is 6.08 Å². The molecule has 70 valence electrons. The van der Waals surface area contributed by atoms with Gasteiger partial charge in [0.1, 0.15) is 6.04 Å². The van der Waals surface area contributed by atoms with Crippen LogP contribution in [0.1, 0.15) is 13.8 Å². The van der Waals surface area contributed by atoms with Gasteiger partial charge in [0.05, 0.1) is 0 Å². The lowest BCUT2D eigenvalue weighted by Gasteiger charge is -2.26. The first-order chi connectivity index (χ1) is 5.39. The van der Waals surface area contributed by atoms with E-state index in [1.165, 1.54) is 0 Å². The molecule has 1 atom stereocenters. The maximum atomic E-state index is 10.7. The lowest BCUT2D eigenvalue weighted by atomic mass is 10.0. The van der Waals surface area contributed by atoms with Crippen molar-refractivity contribution in [1.82, 2.24) is 5.32 Å². The molecule has 0 radical (unpaired) electrons. The van der Waals surface area contributed by atoms with Gasteiger partial charge in [0, 0.05) is 11.3 Å². The molecule has 0 bridgehead atoms. The molecule has 4 heteroatoms. The van der Waals surface area contributed by atoms with Crippen molar-refractivity contribution in [2.45, 2.75) is 24.6 Å². The summed E-state index contributed by atoms with van der Waals surface area (Å²) in [6.07, 6.45) is 1.62. The minimum atomic E-state index is -0.892. The fraction of sp³-hybridized carbons (Fsp3) is 0.625. The number of hydrogen-bond donors (Lipinski definition) is 3. The molecular formula is C8H15NO2S. The van der Waals surface area contributed by atoms with Gasteiger partial charge < -0.3 is 5.11 Å². The van der Waals surface area contributed by atoms with E-state index in [2.05, 4.69) is 24.5 Å². The van der Waals surface area contributed by atoms with Crippen molar-refractivity contribution < 1.29 is 9.90 Å². The van der Waals surface area contributed by atoms with Gasteiger partial charge in [-0.25, -0.2) is 0 Å². The number of carboxylic acid groups (broad SMARTS) is 1. The largest absolute Gasteiger partial charge is 0.480 e. The molecule has 0 spiro atoms. The van der Waals surface area contributed by atoms with Crippen molar-refractivity contribution in [3.05, 3.63) is 12.7 Å². The second-order valence-electron chi connectivity index (χ2n) is 3.12. The number of aliphatic carboxylic acids is 1. The van der Waals surface area contributed by atoms with E-state index in [9.17, 15) is 4.79 Å². The van der Waals surface area contributed by atoms with Crippen LogP contribution in [0.4, 0.5) is 0 Å². The van der Waals surface area contributed by atoms with Gasteiger partial charge in [-0.2, -0.15) is 12.6 Å². The molecule has 3 nitrogen and oxygen atoms in total. The molecule has 1 unspecified atom stereocenters. The highest BCUT2D eigenvalue weighted by atomic mass is 32.1. The topological polar surface area (TPSA) is 49.3 Å². The van der Waals surface area contributed by atoms with Crippen LogP contribution in [0.3, 0.4) is 0 Å². The zero-order valence-electron chi connectivity index (χ0n) is 7.37. The summed E-state index contributed by atoms with van der Waals surface area (Å²) >= 11 is 4.18. The van der Waals surface area contributed by atoms with Gasteiger partial charge in [-0.15, -0.1) is 6.58 Å². The number of nitrogens with one attached hydrogen (secondary N) is 1. The zero-order chi connectivity index (χ0) is 9.78. The average molecular weight is 189 g/mol. The number of carbonyl (C=O) groups is 1. The van der Waals surface area contributed by atoms with E-state index in [-0.39, 0.29) is 0 Å². The number of carboxylic acids is 1. The van der Waals surface area contributed by atoms with Crippen LogP contribution in [0, 0.1) is 0 Å². The van der Waals surface area contributed by atoms with Crippen molar-refractivity contribution in [1.29, 1.82) is 0 Å². The predicted molar refractivity (Wildman–Crippen MR) is 52.7 cm³/mol. The lowest BCUT2D eigenvalue weighted by molar-refractivity contribution is -0.140. The monoisotopic (exact) mass is 189 g/mol. The Bertz CT molecular complexity index is 174. The number of thiol groups is 1. The zero-order valence-corrected chi connectivity index (χ0v) is 8.27. The highest BCUT2D eigenvalue weighted by molar-refractivity contribution is 7.81. The summed E-state index contributed by atoms with van der Waals surface area (Å²) in [5.41, 5.74) is 0. The molecule has 2 N–H and O–H groups in total. The summed E-state index contributed by atoms with van der Waals surface area (Å²) in [5.74, 6) is -0.892. The first-order valence-electron chi connectivity index (χ1n) is 3.69. The minimum Gasteiger partial charge on any atom is -0.480 e. The van der Waals surface area contributed by atoms with E-state index >= 15 is 0 Å². The average Bonchev–Trinajstić information content (AvgIpc) is 1.84. The van der Waals surface area contributed by atoms with E-state index < -0.39 is 16.8 Å². The van der Waals surface area contributed by atoms with E-state index in [4.69, 9.17) is 5.11 Å². The molecule has 0 saturated heterocycles. The molecule has 0 rings (SSSR count). The highest BCUT2D eigenvalue weighted by Gasteiger charge is 2.30. The van der Waals surface area contributed by atoms with Crippen LogP contribution >= 0.6 is 12.6 Å². The quantitative estimate of drug-likeness (QED) is 0.445. The van der Waals surface area contributed by atoms with Gasteiger partial charge in [-0.05, 0) is 13.8 Å². The third-order valence-corrected chi connectivity index (χ3v) is 1.68. The number of hydrogen-bond acceptors (Lipinski definition) is 3. The maximum absolute atomic E-state index is 10.7. The molecule has 0 aromatic carbocycles. The summed E-state index contributed by atoms with van der Waals surface area (Å²) in [7, 11) is 0. The Morgan fingerprint density at radius 3 is 2.58 bits per heavy atom. The van der Waals surface area contributed by atoms with E-state index in [0.717, 1.165) is 0 Å². The second kappa shape index (κ2) is 4.52. The standard InChI is InChI=1S/C8H15NO2S/c1-4-5-9-6(7(10)11)8(2,3)12/h4,6,9,12H,1,5H2,2-3H3,(H,10,11). The van der Waals surface area contributed by atoms with Crippen LogP contribution in [0.15, 0.2) is 12.7 Å². The predicted octanol–water partition coefficient (Wildman–Crippen LogP) is 0.924. The molecule has 0 heterocycles. The van der Waals surface area contributed by atoms with Gasteiger partial charge in [0.15, 0.2) is 0 Å². The third kappa shape index (κ3) is 3.78. The van der Waals surface area contributed by atoms with Crippen LogP contribution in [0.25, 0.3) is 0 Å². The first-order valence-corrected chi connectivity index (χ1v) is 4.13. The fourth-order valence-electron chi connectivity index (χ4n) is 0.840. The summed E-state index contributed by atoms with van der Waals surface area (Å²) in [6.45, 7) is 7.48. The van der Waals surface area contributed by atoms with E-state index in [1.54, 1.807) is 19.9 Å². The fourth-order valence-corrected chi connectivity index (χ4v) is 1.04. The van der Waals surface area contributed by atoms with Crippen LogP contribution in [-0.2, 0) is 4.79 Å². The van der Waals surface area contributed by atoms with Crippen molar-refractivity contribution in [2.24, 2.45) is 0 Å². The Morgan fingerprint density at radius 1 is 1.83 bits per heavy atom. The molecule has 0 fully saturated rings. The molecule has 12 heavy (non-hydrogen) atoms. The maximum Gasteiger partial charge on any atom is 0.322 e. The van der Waals surface area contributed by atoms with Crippen LogP contribution in [-0.4, -0.2) is 28.4 Å². The smallest absolute Gasteiger partial charge is 0.322 e. The Balaban J connectivity index is 4.24. The Kier molecular flexibility index (Phi) is 4.34. The van der Waals surface area contributed by atoms with Crippen LogP contribution < -0.4 is 5.32 Å². The molecule has 0 aliphatic heterocycles. The normalized spacial score (nSPS) is 13.9. The third-order valence-electron chi connectivity index (χ3n) is 1.42. The molecule has 0 aliphatic carbocycles. The summed E-state index contributed by atoms with van der Waals surface area (Å²) in [5, 5.41) is 11.6.